The number of hydrogen-bond donors (Lipinski definition) is 2. The molecule has 0 aliphatic carbocycles. The minimum Gasteiger partial charge on any atom is -0.497 e. The summed E-state index contributed by atoms with van der Waals surface area (Å²) >= 11 is 0. The molecule has 0 heterocycles. The Kier molecular flexibility index (Phi) is 8.43. The van der Waals surface area contributed by atoms with Crippen molar-refractivity contribution < 1.29 is 24.1 Å². The molecule has 1 amide bonds. The molecule has 0 bridgehead atoms. The smallest absolute Gasteiger partial charge is 0.412 e. The highest BCUT2D eigenvalue weighted by Gasteiger charge is 2.15. The number of hydrogen-bond acceptors (Lipinski definition) is 5. The van der Waals surface area contributed by atoms with E-state index in [1.165, 1.54) is 6.08 Å². The predicted molar refractivity (Wildman–Crippen MR) is 93.9 cm³/mol. The van der Waals surface area contributed by atoms with E-state index < -0.39 is 6.09 Å². The lowest BCUT2D eigenvalue weighted by Gasteiger charge is -2.16. The van der Waals surface area contributed by atoms with E-state index in [0.717, 1.165) is 17.6 Å². The maximum Gasteiger partial charge on any atom is 0.412 e. The third-order valence-corrected chi connectivity index (χ3v) is 3.30. The Morgan fingerprint density at radius 2 is 2.08 bits per heavy atom. The molecule has 0 saturated heterocycles. The molecule has 2 N–H and O–H groups in total. The van der Waals surface area contributed by atoms with Crippen LogP contribution < -0.4 is 14.8 Å². The molecular formula is C18H25NO5. The molecule has 6 nitrogen and oxygen atoms in total. The number of nitrogens with one attached hydrogen (secondary N) is 1. The average molecular weight is 335 g/mol. The quantitative estimate of drug-likeness (QED) is 0.677. The van der Waals surface area contributed by atoms with Gasteiger partial charge in [-0.05, 0) is 25.8 Å². The van der Waals surface area contributed by atoms with Gasteiger partial charge in [-0.25, -0.2) is 4.79 Å². The van der Waals surface area contributed by atoms with Gasteiger partial charge in [0.25, 0.3) is 0 Å². The molecule has 1 aromatic rings. The van der Waals surface area contributed by atoms with E-state index in [4.69, 9.17) is 19.3 Å². The van der Waals surface area contributed by atoms with E-state index >= 15 is 0 Å². The van der Waals surface area contributed by atoms with E-state index in [1.54, 1.807) is 20.3 Å². The van der Waals surface area contributed by atoms with Crippen molar-refractivity contribution in [3.05, 3.63) is 42.0 Å². The highest BCUT2D eigenvalue weighted by atomic mass is 16.5. The lowest BCUT2D eigenvalue weighted by Crippen LogP contribution is -2.15. The topological polar surface area (TPSA) is 77.0 Å². The second-order valence-corrected chi connectivity index (χ2v) is 5.13. The lowest BCUT2D eigenvalue weighted by molar-refractivity contribution is 0.174. The number of allylic oxidation sites excluding steroid dienone is 1. The van der Waals surface area contributed by atoms with E-state index in [-0.39, 0.29) is 13.2 Å². The summed E-state index contributed by atoms with van der Waals surface area (Å²) in [7, 11) is 3.10. The molecule has 6 heteroatoms. The second-order valence-electron chi connectivity index (χ2n) is 5.13. The number of methoxy groups -OCH3 is 2. The first kappa shape index (κ1) is 19.6. The fourth-order valence-corrected chi connectivity index (χ4v) is 2.12. The van der Waals surface area contributed by atoms with Gasteiger partial charge >= 0.3 is 6.09 Å². The van der Waals surface area contributed by atoms with Gasteiger partial charge in [0.1, 0.15) is 18.1 Å². The molecule has 0 spiro atoms. The van der Waals surface area contributed by atoms with E-state index in [1.807, 2.05) is 19.1 Å². The Balaban J connectivity index is 3.02. The maximum absolute atomic E-state index is 11.8. The third kappa shape index (κ3) is 5.96. The van der Waals surface area contributed by atoms with Crippen molar-refractivity contribution in [2.75, 3.05) is 32.8 Å². The molecular weight excluding hydrogens is 310 g/mol. The summed E-state index contributed by atoms with van der Waals surface area (Å²) in [5, 5.41) is 11.7. The van der Waals surface area contributed by atoms with Crippen molar-refractivity contribution >= 4 is 11.8 Å². The first-order valence-electron chi connectivity index (χ1n) is 7.61. The number of carbonyl (C=O) groups is 1. The Morgan fingerprint density at radius 3 is 2.67 bits per heavy atom. The molecule has 0 saturated carbocycles. The summed E-state index contributed by atoms with van der Waals surface area (Å²) in [6.07, 6.45) is 4.27. The maximum atomic E-state index is 11.8. The number of ether oxygens (including phenoxy) is 3. The van der Waals surface area contributed by atoms with Gasteiger partial charge in [0.2, 0.25) is 0 Å². The zero-order valence-corrected chi connectivity index (χ0v) is 14.4. The number of carbonyl (C=O) groups excluding carboxylic acids is 1. The molecule has 0 radical (unpaired) electrons. The Hall–Kier alpha value is -2.47. The SMILES string of the molecule is C=CCOC(=O)Nc1cc(OC)cc(CC/C=C(/C)CO)c1OC. The Bertz CT molecular complexity index is 595. The first-order chi connectivity index (χ1) is 11.5. The van der Waals surface area contributed by atoms with Crippen LogP contribution in [0.1, 0.15) is 18.9 Å². The van der Waals surface area contributed by atoms with Crippen molar-refractivity contribution in [1.29, 1.82) is 0 Å². The molecule has 0 fully saturated rings. The van der Waals surface area contributed by atoms with Crippen molar-refractivity contribution in [2.45, 2.75) is 19.8 Å². The van der Waals surface area contributed by atoms with E-state index in [0.29, 0.717) is 23.6 Å². The van der Waals surface area contributed by atoms with Crippen molar-refractivity contribution in [2.24, 2.45) is 0 Å². The molecule has 1 rings (SSSR count). The minimum absolute atomic E-state index is 0.0389. The van der Waals surface area contributed by atoms with Crippen LogP contribution in [0.5, 0.6) is 11.5 Å². The van der Waals surface area contributed by atoms with Crippen LogP contribution in [0.15, 0.2) is 36.4 Å². The van der Waals surface area contributed by atoms with Gasteiger partial charge in [0.05, 0.1) is 26.5 Å². The van der Waals surface area contributed by atoms with Crippen LogP contribution in [0.3, 0.4) is 0 Å². The van der Waals surface area contributed by atoms with Crippen LogP contribution in [-0.4, -0.2) is 38.6 Å². The summed E-state index contributed by atoms with van der Waals surface area (Å²) in [5.41, 5.74) is 2.27. The third-order valence-electron chi connectivity index (χ3n) is 3.30. The fraction of sp³-hybridized carbons (Fsp3) is 0.389. The minimum atomic E-state index is -0.594. The van der Waals surface area contributed by atoms with Gasteiger partial charge in [0.15, 0.2) is 0 Å². The average Bonchev–Trinajstić information content (AvgIpc) is 2.59. The van der Waals surface area contributed by atoms with Crippen molar-refractivity contribution in [3.8, 4) is 11.5 Å². The largest absolute Gasteiger partial charge is 0.497 e. The standard InChI is InChI=1S/C18H25NO5/c1-5-9-24-18(21)19-16-11-15(22-3)10-14(17(16)23-4)8-6-7-13(2)12-20/h5,7,10-11,20H,1,6,8-9,12H2,2-4H3,(H,19,21)/b13-7-. The number of benzene rings is 1. The van der Waals surface area contributed by atoms with Gasteiger partial charge < -0.3 is 19.3 Å². The van der Waals surface area contributed by atoms with Gasteiger partial charge in [-0.1, -0.05) is 24.3 Å². The summed E-state index contributed by atoms with van der Waals surface area (Å²) in [4.78, 5) is 11.8. The summed E-state index contributed by atoms with van der Waals surface area (Å²) < 4.78 is 15.7. The monoisotopic (exact) mass is 335 g/mol. The van der Waals surface area contributed by atoms with Crippen LogP contribution in [0.25, 0.3) is 0 Å². The van der Waals surface area contributed by atoms with Gasteiger partial charge in [-0.2, -0.15) is 0 Å². The van der Waals surface area contributed by atoms with E-state index in [2.05, 4.69) is 11.9 Å². The van der Waals surface area contributed by atoms with Crippen molar-refractivity contribution in [1.82, 2.24) is 0 Å². The summed E-state index contributed by atoms with van der Waals surface area (Å²) in [6, 6.07) is 3.54. The normalized spacial score (nSPS) is 10.9. The summed E-state index contributed by atoms with van der Waals surface area (Å²) in [5.74, 6) is 1.16. The molecule has 132 valence electrons. The highest BCUT2D eigenvalue weighted by molar-refractivity contribution is 5.87. The molecule has 0 unspecified atom stereocenters. The van der Waals surface area contributed by atoms with Crippen molar-refractivity contribution in [3.63, 3.8) is 0 Å². The first-order valence-corrected chi connectivity index (χ1v) is 7.61. The zero-order valence-electron chi connectivity index (χ0n) is 14.4. The number of anilines is 1. The van der Waals surface area contributed by atoms with Gasteiger partial charge in [-0.3, -0.25) is 5.32 Å². The second kappa shape index (κ2) is 10.3. The molecule has 0 aliphatic rings. The number of rotatable bonds is 9. The number of aliphatic hydroxyl groups is 1. The fourth-order valence-electron chi connectivity index (χ4n) is 2.12. The molecule has 0 aromatic heterocycles. The summed E-state index contributed by atoms with van der Waals surface area (Å²) in [6.45, 7) is 5.52. The number of amides is 1. The van der Waals surface area contributed by atoms with Crippen LogP contribution in [0.4, 0.5) is 10.5 Å². The van der Waals surface area contributed by atoms with Crippen LogP contribution in [-0.2, 0) is 11.2 Å². The Morgan fingerprint density at radius 1 is 1.33 bits per heavy atom. The van der Waals surface area contributed by atoms with Gasteiger partial charge in [-0.15, -0.1) is 0 Å². The molecule has 0 aliphatic heterocycles. The Labute approximate surface area is 142 Å². The zero-order chi connectivity index (χ0) is 17.9. The van der Waals surface area contributed by atoms with Crippen LogP contribution >= 0.6 is 0 Å². The molecule has 24 heavy (non-hydrogen) atoms. The van der Waals surface area contributed by atoms with Crippen LogP contribution in [0.2, 0.25) is 0 Å². The van der Waals surface area contributed by atoms with Crippen LogP contribution in [0, 0.1) is 0 Å². The highest BCUT2D eigenvalue weighted by Crippen LogP contribution is 2.34. The number of aliphatic hydroxyl groups excluding tert-OH is 1. The molecule has 1 aromatic carbocycles. The lowest BCUT2D eigenvalue weighted by atomic mass is 10.1. The predicted octanol–water partition coefficient (Wildman–Crippen LogP) is 3.31. The number of aryl methyl sites for hydroxylation is 1. The van der Waals surface area contributed by atoms with E-state index in [9.17, 15) is 4.79 Å². The van der Waals surface area contributed by atoms with Gasteiger partial charge in [0, 0.05) is 11.6 Å². The molecule has 0 atom stereocenters.